The molecule has 5 N–H and O–H groups in total. The third-order valence-electron chi connectivity index (χ3n) is 9.98. The fourth-order valence-corrected chi connectivity index (χ4v) is 8.49. The summed E-state index contributed by atoms with van der Waals surface area (Å²) < 4.78 is 0. The molecule has 3 amide bonds. The summed E-state index contributed by atoms with van der Waals surface area (Å²) in [6, 6.07) is -2.59. The number of piperidine rings is 1. The van der Waals surface area contributed by atoms with Crippen LogP contribution in [0, 0.1) is 29.1 Å². The lowest BCUT2D eigenvalue weighted by Gasteiger charge is -2.57. The van der Waals surface area contributed by atoms with Crippen LogP contribution in [-0.2, 0) is 24.0 Å². The van der Waals surface area contributed by atoms with Crippen LogP contribution >= 0.6 is 0 Å². The number of nitrogens with one attached hydrogen (secondary N) is 3. The minimum Gasteiger partial charge on any atom is -0.481 e. The maximum absolute atomic E-state index is 13.2. The summed E-state index contributed by atoms with van der Waals surface area (Å²) >= 11 is 0. The van der Waals surface area contributed by atoms with Gasteiger partial charge in [-0.1, -0.05) is 0 Å². The van der Waals surface area contributed by atoms with Crippen LogP contribution in [0.5, 0.6) is 0 Å². The van der Waals surface area contributed by atoms with Crippen molar-refractivity contribution in [2.75, 3.05) is 26.2 Å². The van der Waals surface area contributed by atoms with Crippen molar-refractivity contribution in [3.63, 3.8) is 0 Å². The van der Waals surface area contributed by atoms with Crippen LogP contribution in [0.1, 0.15) is 90.4 Å². The number of carboxylic acid groups (broad SMARTS) is 2. The Labute approximate surface area is 242 Å². The summed E-state index contributed by atoms with van der Waals surface area (Å²) in [6.45, 7) is 3.78. The number of carbonyl (C=O) groups excluding carboxylic acids is 3. The maximum atomic E-state index is 13.2. The average molecular weight is 577 g/mol. The molecule has 1 heterocycles. The van der Waals surface area contributed by atoms with E-state index in [-0.39, 0.29) is 17.9 Å². The van der Waals surface area contributed by atoms with Gasteiger partial charge in [0.1, 0.15) is 12.1 Å². The number of carboxylic acids is 2. The number of rotatable bonds is 15. The summed E-state index contributed by atoms with van der Waals surface area (Å²) in [7, 11) is 0. The van der Waals surface area contributed by atoms with Crippen molar-refractivity contribution in [2.24, 2.45) is 29.1 Å². The van der Waals surface area contributed by atoms with Crippen LogP contribution in [-0.4, -0.2) is 83.0 Å². The van der Waals surface area contributed by atoms with Crippen molar-refractivity contribution in [3.05, 3.63) is 0 Å². The van der Waals surface area contributed by atoms with Gasteiger partial charge in [0.15, 0.2) is 0 Å². The second-order valence-electron chi connectivity index (χ2n) is 13.2. The summed E-state index contributed by atoms with van der Waals surface area (Å²) in [5.41, 5.74) is -0.105. The van der Waals surface area contributed by atoms with Gasteiger partial charge in [-0.25, -0.2) is 4.79 Å². The molecule has 41 heavy (non-hydrogen) atoms. The molecule has 11 heteroatoms. The van der Waals surface area contributed by atoms with Crippen LogP contribution in [0.3, 0.4) is 0 Å². The van der Waals surface area contributed by atoms with Crippen LogP contribution in [0.25, 0.3) is 0 Å². The number of nitrogens with zero attached hydrogens (tertiary/aromatic N) is 1. The van der Waals surface area contributed by atoms with Crippen molar-refractivity contribution in [1.82, 2.24) is 20.9 Å². The van der Waals surface area contributed by atoms with E-state index in [0.29, 0.717) is 43.1 Å². The fraction of sp³-hybridized carbons (Fsp3) is 0.833. The molecular weight excluding hydrogens is 528 g/mol. The van der Waals surface area contributed by atoms with Gasteiger partial charge in [-0.15, -0.1) is 0 Å². The first-order valence-corrected chi connectivity index (χ1v) is 15.6. The molecule has 2 atom stereocenters. The van der Waals surface area contributed by atoms with E-state index < -0.39 is 42.3 Å². The average Bonchev–Trinajstić information content (AvgIpc) is 2.90. The molecule has 0 spiro atoms. The Balaban J connectivity index is 1.30. The third kappa shape index (κ3) is 8.66. The first-order chi connectivity index (χ1) is 19.6. The Hall–Kier alpha value is -2.69. The quantitative estimate of drug-likeness (QED) is 0.198. The van der Waals surface area contributed by atoms with E-state index >= 15 is 0 Å². The van der Waals surface area contributed by atoms with Crippen molar-refractivity contribution in [3.8, 4) is 0 Å². The second kappa shape index (κ2) is 14.0. The Morgan fingerprint density at radius 3 is 2.07 bits per heavy atom. The largest absolute Gasteiger partial charge is 0.481 e. The van der Waals surface area contributed by atoms with Crippen molar-refractivity contribution in [1.29, 1.82) is 0 Å². The van der Waals surface area contributed by atoms with Crippen molar-refractivity contribution < 1.29 is 34.2 Å². The lowest BCUT2D eigenvalue weighted by atomic mass is 9.48. The molecule has 11 nitrogen and oxygen atoms in total. The molecule has 5 fully saturated rings. The van der Waals surface area contributed by atoms with E-state index in [1.807, 2.05) is 0 Å². The Morgan fingerprint density at radius 2 is 1.54 bits per heavy atom. The molecule has 0 aromatic carbocycles. The molecular formula is C30H48N4O7. The number of hydrogen-bond donors (Lipinski definition) is 5. The van der Waals surface area contributed by atoms with E-state index in [1.54, 1.807) is 6.92 Å². The van der Waals surface area contributed by atoms with Gasteiger partial charge in [0.2, 0.25) is 17.7 Å². The highest BCUT2D eigenvalue weighted by atomic mass is 16.4. The lowest BCUT2D eigenvalue weighted by molar-refractivity contribution is -0.146. The zero-order valence-electron chi connectivity index (χ0n) is 24.4. The van der Waals surface area contributed by atoms with Crippen LogP contribution in [0.15, 0.2) is 0 Å². The van der Waals surface area contributed by atoms with Crippen molar-refractivity contribution in [2.45, 2.75) is 102 Å². The first-order valence-electron chi connectivity index (χ1n) is 15.6. The van der Waals surface area contributed by atoms with E-state index in [9.17, 15) is 34.2 Å². The summed E-state index contributed by atoms with van der Waals surface area (Å²) in [5, 5.41) is 27.7. The SMILES string of the molecule is CCN(CC(=O)N[C@@H](CC(=O)O)C(=O)N[C@@H](CC12CC3CC(CC(C3)C1)C2)C(=O)O)C(=O)CCCC1CCNCC1. The molecule has 230 valence electrons. The van der Waals surface area contributed by atoms with Gasteiger partial charge in [0.25, 0.3) is 0 Å². The summed E-state index contributed by atoms with van der Waals surface area (Å²) in [6.07, 6.45) is 10.5. The topological polar surface area (TPSA) is 165 Å². The standard InChI is InChI=1S/C30H48N4O7/c1-2-34(26(36)5-3-4-19-6-8-31-9-7-19)18-25(35)32-23(13-27(37)38)28(39)33-24(29(40)41)17-30-14-20-10-21(15-30)12-22(11-20)16-30/h19-24,31H,2-18H2,1H3,(H,32,35)(H,33,39)(H,37,38)(H,40,41)/t20?,21?,22?,23-,24-,30?/m0/s1. The molecule has 5 rings (SSSR count). The number of likely N-dealkylation sites (N-methyl/N-ethyl adjacent to an activating group) is 1. The smallest absolute Gasteiger partial charge is 0.326 e. The minimum atomic E-state index is -1.44. The van der Waals surface area contributed by atoms with E-state index in [0.717, 1.165) is 58.0 Å². The van der Waals surface area contributed by atoms with Gasteiger partial charge in [0, 0.05) is 13.0 Å². The summed E-state index contributed by atoms with van der Waals surface area (Å²) in [5.74, 6) is -1.59. The number of carbonyl (C=O) groups is 5. The molecule has 0 aromatic rings. The molecule has 4 aliphatic carbocycles. The fourth-order valence-electron chi connectivity index (χ4n) is 8.49. The van der Waals surface area contributed by atoms with Crippen LogP contribution in [0.4, 0.5) is 0 Å². The highest BCUT2D eigenvalue weighted by molar-refractivity contribution is 5.94. The molecule has 1 aliphatic heterocycles. The van der Waals surface area contributed by atoms with E-state index in [4.69, 9.17) is 0 Å². The Bertz CT molecular complexity index is 945. The molecule has 4 bridgehead atoms. The molecule has 1 saturated heterocycles. The lowest BCUT2D eigenvalue weighted by Crippen LogP contribution is -2.56. The summed E-state index contributed by atoms with van der Waals surface area (Å²) in [4.78, 5) is 63.9. The maximum Gasteiger partial charge on any atom is 0.326 e. The minimum absolute atomic E-state index is 0.105. The third-order valence-corrected chi connectivity index (χ3v) is 9.98. The van der Waals surface area contributed by atoms with Crippen molar-refractivity contribution >= 4 is 29.7 Å². The van der Waals surface area contributed by atoms with Crippen LogP contribution in [0.2, 0.25) is 0 Å². The zero-order chi connectivity index (χ0) is 29.6. The van der Waals surface area contributed by atoms with E-state index in [2.05, 4.69) is 16.0 Å². The van der Waals surface area contributed by atoms with Gasteiger partial charge >= 0.3 is 11.9 Å². The Kier molecular flexibility index (Phi) is 10.7. The molecule has 4 saturated carbocycles. The zero-order valence-corrected chi connectivity index (χ0v) is 24.4. The second-order valence-corrected chi connectivity index (χ2v) is 13.2. The van der Waals surface area contributed by atoms with Crippen LogP contribution < -0.4 is 16.0 Å². The molecule has 0 aromatic heterocycles. The molecule has 0 radical (unpaired) electrons. The van der Waals surface area contributed by atoms with Gasteiger partial charge < -0.3 is 31.1 Å². The number of amides is 3. The predicted molar refractivity (Wildman–Crippen MR) is 151 cm³/mol. The monoisotopic (exact) mass is 576 g/mol. The Morgan fingerprint density at radius 1 is 0.927 bits per heavy atom. The highest BCUT2D eigenvalue weighted by Crippen LogP contribution is 2.61. The van der Waals surface area contributed by atoms with Gasteiger partial charge in [-0.2, -0.15) is 0 Å². The normalized spacial score (nSPS) is 28.5. The predicted octanol–water partition coefficient (Wildman–Crippen LogP) is 2.14. The number of hydrogen-bond acceptors (Lipinski definition) is 6. The number of aliphatic carboxylic acids is 2. The van der Waals surface area contributed by atoms with Gasteiger partial charge in [-0.3, -0.25) is 19.2 Å². The van der Waals surface area contributed by atoms with Gasteiger partial charge in [0.05, 0.1) is 13.0 Å². The molecule has 0 unspecified atom stereocenters. The van der Waals surface area contributed by atoms with Gasteiger partial charge in [-0.05, 0) is 120 Å². The van der Waals surface area contributed by atoms with E-state index in [1.165, 1.54) is 24.2 Å². The molecule has 5 aliphatic rings. The highest BCUT2D eigenvalue weighted by Gasteiger charge is 2.52. The first kappa shape index (κ1) is 31.3.